The summed E-state index contributed by atoms with van der Waals surface area (Å²) in [6.07, 6.45) is 3.63. The first kappa shape index (κ1) is 22.5. The highest BCUT2D eigenvalue weighted by Gasteiger charge is 2.32. The minimum absolute atomic E-state index is 0.0285. The molecule has 2 heterocycles. The molecule has 1 atom stereocenters. The standard InChI is InChI=1S/C24H27FN2O4S/c1-3-19-6-4-5-13-27(19)32(29,30)20-10-8-18(9-11-20)26-15-22(28)24-16(2)21-14-17(25)7-12-23(21)31-24/h7-12,14,19,26H,3-6,13,15H2,1-2H3. The van der Waals surface area contributed by atoms with Gasteiger partial charge in [0, 0.05) is 29.2 Å². The van der Waals surface area contributed by atoms with Gasteiger partial charge in [-0.15, -0.1) is 0 Å². The Morgan fingerprint density at radius 2 is 1.94 bits per heavy atom. The Labute approximate surface area is 187 Å². The van der Waals surface area contributed by atoms with Crippen molar-refractivity contribution in [3.05, 3.63) is 59.6 Å². The van der Waals surface area contributed by atoms with Gasteiger partial charge in [0.1, 0.15) is 11.4 Å². The fraction of sp³-hybridized carbons (Fsp3) is 0.375. The second-order valence-corrected chi connectivity index (χ2v) is 10.1. The number of benzene rings is 2. The van der Waals surface area contributed by atoms with Crippen molar-refractivity contribution in [2.45, 2.75) is 50.5 Å². The Bertz CT molecular complexity index is 1230. The minimum atomic E-state index is -3.55. The van der Waals surface area contributed by atoms with Crippen LogP contribution in [0.5, 0.6) is 0 Å². The first-order valence-electron chi connectivity index (χ1n) is 10.9. The molecular weight excluding hydrogens is 431 g/mol. The van der Waals surface area contributed by atoms with Crippen LogP contribution in [-0.2, 0) is 10.0 Å². The highest BCUT2D eigenvalue weighted by atomic mass is 32.2. The monoisotopic (exact) mass is 458 g/mol. The van der Waals surface area contributed by atoms with E-state index in [0.29, 0.717) is 28.8 Å². The zero-order chi connectivity index (χ0) is 22.9. The van der Waals surface area contributed by atoms with Gasteiger partial charge in [0.25, 0.3) is 0 Å². The van der Waals surface area contributed by atoms with E-state index in [4.69, 9.17) is 4.42 Å². The molecule has 32 heavy (non-hydrogen) atoms. The molecule has 4 rings (SSSR count). The average molecular weight is 459 g/mol. The Morgan fingerprint density at radius 3 is 2.66 bits per heavy atom. The van der Waals surface area contributed by atoms with E-state index in [1.807, 2.05) is 6.92 Å². The summed E-state index contributed by atoms with van der Waals surface area (Å²) >= 11 is 0. The fourth-order valence-electron chi connectivity index (χ4n) is 4.30. The van der Waals surface area contributed by atoms with Crippen LogP contribution < -0.4 is 5.32 Å². The molecule has 1 fully saturated rings. The summed E-state index contributed by atoms with van der Waals surface area (Å²) in [6.45, 7) is 4.26. The molecule has 1 saturated heterocycles. The summed E-state index contributed by atoms with van der Waals surface area (Å²) in [5.41, 5.74) is 1.69. The van der Waals surface area contributed by atoms with Crippen molar-refractivity contribution in [2.24, 2.45) is 0 Å². The molecule has 1 aromatic heterocycles. The smallest absolute Gasteiger partial charge is 0.243 e. The first-order chi connectivity index (χ1) is 15.3. The lowest BCUT2D eigenvalue weighted by molar-refractivity contribution is 0.0981. The second kappa shape index (κ2) is 9.03. The SMILES string of the molecule is CCC1CCCCN1S(=O)(=O)c1ccc(NCC(=O)c2oc3ccc(F)cc3c2C)cc1. The third-order valence-electron chi connectivity index (χ3n) is 6.11. The number of nitrogens with one attached hydrogen (secondary N) is 1. The molecule has 0 radical (unpaired) electrons. The molecule has 1 N–H and O–H groups in total. The maximum absolute atomic E-state index is 13.5. The lowest BCUT2D eigenvalue weighted by Crippen LogP contribution is -2.43. The topological polar surface area (TPSA) is 79.6 Å². The van der Waals surface area contributed by atoms with Gasteiger partial charge in [-0.1, -0.05) is 13.3 Å². The summed E-state index contributed by atoms with van der Waals surface area (Å²) in [4.78, 5) is 12.9. The summed E-state index contributed by atoms with van der Waals surface area (Å²) in [5, 5.41) is 3.59. The van der Waals surface area contributed by atoms with Crippen LogP contribution in [0.2, 0.25) is 0 Å². The third kappa shape index (κ3) is 4.29. The van der Waals surface area contributed by atoms with Gasteiger partial charge in [-0.3, -0.25) is 4.79 Å². The van der Waals surface area contributed by atoms with Gasteiger partial charge in [0.2, 0.25) is 15.8 Å². The predicted octanol–water partition coefficient (Wildman–Crippen LogP) is 5.13. The maximum Gasteiger partial charge on any atom is 0.243 e. The number of anilines is 1. The van der Waals surface area contributed by atoms with Crippen LogP contribution in [0.1, 0.15) is 48.7 Å². The lowest BCUT2D eigenvalue weighted by Gasteiger charge is -2.34. The van der Waals surface area contributed by atoms with Crippen molar-refractivity contribution >= 4 is 32.5 Å². The number of piperidine rings is 1. The molecule has 1 aliphatic rings. The number of carbonyl (C=O) groups is 1. The van der Waals surface area contributed by atoms with Crippen LogP contribution in [0.15, 0.2) is 51.8 Å². The van der Waals surface area contributed by atoms with E-state index in [0.717, 1.165) is 25.7 Å². The average Bonchev–Trinajstić information content (AvgIpc) is 3.13. The van der Waals surface area contributed by atoms with Crippen molar-refractivity contribution in [1.82, 2.24) is 4.31 Å². The van der Waals surface area contributed by atoms with Gasteiger partial charge in [-0.2, -0.15) is 4.31 Å². The van der Waals surface area contributed by atoms with Crippen molar-refractivity contribution in [3.8, 4) is 0 Å². The predicted molar refractivity (Wildman–Crippen MR) is 122 cm³/mol. The van der Waals surface area contributed by atoms with Crippen molar-refractivity contribution in [3.63, 3.8) is 0 Å². The highest BCUT2D eigenvalue weighted by Crippen LogP contribution is 2.28. The number of hydrogen-bond donors (Lipinski definition) is 1. The molecule has 0 spiro atoms. The molecule has 2 aromatic carbocycles. The number of halogens is 1. The molecule has 3 aromatic rings. The molecule has 6 nitrogen and oxygen atoms in total. The van der Waals surface area contributed by atoms with Crippen LogP contribution in [-0.4, -0.2) is 37.6 Å². The number of aryl methyl sites for hydroxylation is 1. The second-order valence-electron chi connectivity index (χ2n) is 8.17. The molecule has 0 aliphatic carbocycles. The van der Waals surface area contributed by atoms with E-state index in [-0.39, 0.29) is 34.8 Å². The van der Waals surface area contributed by atoms with E-state index in [2.05, 4.69) is 5.32 Å². The zero-order valence-electron chi connectivity index (χ0n) is 18.2. The summed E-state index contributed by atoms with van der Waals surface area (Å²) in [7, 11) is -3.55. The number of sulfonamides is 1. The largest absolute Gasteiger partial charge is 0.453 e. The first-order valence-corrected chi connectivity index (χ1v) is 12.3. The third-order valence-corrected chi connectivity index (χ3v) is 8.08. The van der Waals surface area contributed by atoms with E-state index in [1.54, 1.807) is 35.5 Å². The molecule has 0 bridgehead atoms. The van der Waals surface area contributed by atoms with Crippen molar-refractivity contribution < 1.29 is 22.0 Å². The minimum Gasteiger partial charge on any atom is -0.453 e. The van der Waals surface area contributed by atoms with Crippen LogP contribution in [0.3, 0.4) is 0 Å². The normalized spacial score (nSPS) is 17.5. The number of Topliss-reactive ketones (excluding diaryl/α,β-unsaturated/α-hetero) is 1. The van der Waals surface area contributed by atoms with E-state index in [9.17, 15) is 17.6 Å². The molecule has 0 amide bonds. The fourth-order valence-corrected chi connectivity index (χ4v) is 6.07. The Kier molecular flexibility index (Phi) is 6.35. The van der Waals surface area contributed by atoms with Gasteiger partial charge in [0.15, 0.2) is 5.76 Å². The van der Waals surface area contributed by atoms with Gasteiger partial charge in [-0.05, 0) is 68.7 Å². The quantitative estimate of drug-likeness (QED) is 0.497. The summed E-state index contributed by atoms with van der Waals surface area (Å²) in [6, 6.07) is 10.6. The number of ketones is 1. The Balaban J connectivity index is 1.45. The number of hydrogen-bond acceptors (Lipinski definition) is 5. The summed E-state index contributed by atoms with van der Waals surface area (Å²) in [5.74, 6) is -0.466. The zero-order valence-corrected chi connectivity index (χ0v) is 19.0. The lowest BCUT2D eigenvalue weighted by atomic mass is 10.0. The number of carbonyl (C=O) groups excluding carboxylic acids is 1. The van der Waals surface area contributed by atoms with Gasteiger partial charge in [0.05, 0.1) is 11.4 Å². The van der Waals surface area contributed by atoms with Crippen LogP contribution in [0.4, 0.5) is 10.1 Å². The number of furan rings is 1. The number of nitrogens with zero attached hydrogens (tertiary/aromatic N) is 1. The van der Waals surface area contributed by atoms with Gasteiger partial charge >= 0.3 is 0 Å². The van der Waals surface area contributed by atoms with Gasteiger partial charge < -0.3 is 9.73 Å². The van der Waals surface area contributed by atoms with E-state index >= 15 is 0 Å². The van der Waals surface area contributed by atoms with Crippen molar-refractivity contribution in [2.75, 3.05) is 18.4 Å². The van der Waals surface area contributed by atoms with Gasteiger partial charge in [-0.25, -0.2) is 12.8 Å². The molecular formula is C24H27FN2O4S. The molecule has 1 unspecified atom stereocenters. The van der Waals surface area contributed by atoms with Crippen molar-refractivity contribution in [1.29, 1.82) is 0 Å². The Morgan fingerprint density at radius 1 is 1.19 bits per heavy atom. The molecule has 0 saturated carbocycles. The molecule has 1 aliphatic heterocycles. The molecule has 170 valence electrons. The Hall–Kier alpha value is -2.71. The number of fused-ring (bicyclic) bond motifs is 1. The van der Waals surface area contributed by atoms with E-state index < -0.39 is 10.0 Å². The highest BCUT2D eigenvalue weighted by molar-refractivity contribution is 7.89. The van der Waals surface area contributed by atoms with Crippen LogP contribution in [0.25, 0.3) is 11.0 Å². The summed E-state index contributed by atoms with van der Waals surface area (Å²) < 4.78 is 46.9. The van der Waals surface area contributed by atoms with E-state index in [1.165, 1.54) is 18.2 Å². The maximum atomic E-state index is 13.5. The molecule has 8 heteroatoms. The van der Waals surface area contributed by atoms with Crippen LogP contribution >= 0.6 is 0 Å². The van der Waals surface area contributed by atoms with Crippen LogP contribution in [0, 0.1) is 12.7 Å². The number of rotatable bonds is 7.